The van der Waals surface area contributed by atoms with Crippen LogP contribution in [-0.2, 0) is 10.2 Å². The summed E-state index contributed by atoms with van der Waals surface area (Å²) in [5.41, 5.74) is 2.96. The quantitative estimate of drug-likeness (QED) is 0.381. The van der Waals surface area contributed by atoms with Gasteiger partial charge >= 0.3 is 5.97 Å². The summed E-state index contributed by atoms with van der Waals surface area (Å²) in [5.74, 6) is -0.409. The Kier molecular flexibility index (Phi) is 6.22. The van der Waals surface area contributed by atoms with E-state index in [1.54, 1.807) is 21.7 Å². The van der Waals surface area contributed by atoms with Crippen molar-refractivity contribution in [1.82, 2.24) is 24.5 Å². The van der Waals surface area contributed by atoms with Crippen LogP contribution in [0, 0.1) is 12.3 Å². The Balaban J connectivity index is 1.08. The van der Waals surface area contributed by atoms with Crippen molar-refractivity contribution < 1.29 is 19.5 Å². The number of amides is 2. The number of aromatic carboxylic acids is 1. The van der Waals surface area contributed by atoms with E-state index >= 15 is 0 Å². The van der Waals surface area contributed by atoms with Gasteiger partial charge in [0.15, 0.2) is 11.3 Å². The molecule has 1 unspecified atom stereocenters. The van der Waals surface area contributed by atoms with Gasteiger partial charge in [-0.25, -0.2) is 19.3 Å². The number of hydrogen-bond donors (Lipinski definition) is 1. The molecule has 3 saturated heterocycles. The van der Waals surface area contributed by atoms with Gasteiger partial charge in [0.25, 0.3) is 5.91 Å². The number of aryl methyl sites for hydroxylation is 1. The summed E-state index contributed by atoms with van der Waals surface area (Å²) in [6, 6.07) is 17.1. The second-order valence-corrected chi connectivity index (χ2v) is 12.5. The van der Waals surface area contributed by atoms with Crippen LogP contribution in [0.1, 0.15) is 58.4 Å². The average molecular weight is 580 g/mol. The summed E-state index contributed by atoms with van der Waals surface area (Å²) in [4.78, 5) is 52.8. The minimum absolute atomic E-state index is 0.0253. The number of carboxylic acid groups (broad SMARTS) is 1. The zero-order valence-electron chi connectivity index (χ0n) is 24.2. The summed E-state index contributed by atoms with van der Waals surface area (Å²) in [5, 5.41) is 13.9. The van der Waals surface area contributed by atoms with Crippen LogP contribution in [0.2, 0.25) is 0 Å². The van der Waals surface area contributed by atoms with Crippen molar-refractivity contribution in [3.8, 4) is 0 Å². The zero-order chi connectivity index (χ0) is 29.9. The molecule has 2 amide bonds. The molecule has 0 bridgehead atoms. The number of aromatic nitrogens is 4. The minimum atomic E-state index is -1.05. The maximum atomic E-state index is 13.6. The summed E-state index contributed by atoms with van der Waals surface area (Å²) in [6.07, 6.45) is 3.95. The van der Waals surface area contributed by atoms with E-state index in [2.05, 4.69) is 39.0 Å². The molecule has 220 valence electrons. The van der Waals surface area contributed by atoms with Crippen molar-refractivity contribution in [2.45, 2.75) is 38.5 Å². The zero-order valence-corrected chi connectivity index (χ0v) is 24.2. The Bertz CT molecular complexity index is 1770. The van der Waals surface area contributed by atoms with Crippen molar-refractivity contribution >= 4 is 34.9 Å². The third-order valence-corrected chi connectivity index (χ3v) is 9.37. The van der Waals surface area contributed by atoms with E-state index in [4.69, 9.17) is 0 Å². The highest BCUT2D eigenvalue weighted by molar-refractivity contribution is 5.97. The summed E-state index contributed by atoms with van der Waals surface area (Å²) in [6.45, 7) is 7.25. The van der Waals surface area contributed by atoms with Crippen LogP contribution >= 0.6 is 0 Å². The highest BCUT2D eigenvalue weighted by Gasteiger charge is 2.46. The fraction of sp³-hybridized carbons (Fsp3) is 0.375. The molecule has 3 aliphatic rings. The van der Waals surface area contributed by atoms with Crippen molar-refractivity contribution in [3.05, 3.63) is 83.4 Å². The van der Waals surface area contributed by atoms with Crippen molar-refractivity contribution in [3.63, 3.8) is 0 Å². The summed E-state index contributed by atoms with van der Waals surface area (Å²) >= 11 is 0. The van der Waals surface area contributed by atoms with Crippen molar-refractivity contribution in [2.75, 3.05) is 42.5 Å². The first-order valence-corrected chi connectivity index (χ1v) is 14.6. The molecule has 0 saturated carbocycles. The SMILES string of the molecule is Cc1cc(N2CC(C)(c3ccccc3)CC2=O)cn2nc(C(=O)N3CC[C@@]4(CCN(c5cccc(C(=O)O)n5)C4)C3)nc12. The predicted octanol–water partition coefficient (Wildman–Crippen LogP) is 3.57. The number of benzene rings is 1. The third-order valence-electron chi connectivity index (χ3n) is 9.37. The lowest BCUT2D eigenvalue weighted by Crippen LogP contribution is -2.34. The fourth-order valence-corrected chi connectivity index (χ4v) is 6.99. The molecule has 1 N–H and O–H groups in total. The molecule has 3 aliphatic heterocycles. The number of hydrogen-bond acceptors (Lipinski definition) is 7. The lowest BCUT2D eigenvalue weighted by Gasteiger charge is -2.25. The van der Waals surface area contributed by atoms with Gasteiger partial charge in [-0.1, -0.05) is 43.3 Å². The number of nitrogens with zero attached hydrogens (tertiary/aromatic N) is 7. The molecule has 43 heavy (non-hydrogen) atoms. The van der Waals surface area contributed by atoms with E-state index in [-0.39, 0.29) is 34.2 Å². The van der Waals surface area contributed by atoms with Gasteiger partial charge in [0.1, 0.15) is 5.82 Å². The first-order chi connectivity index (χ1) is 20.6. The van der Waals surface area contributed by atoms with Crippen LogP contribution in [0.15, 0.2) is 60.8 Å². The van der Waals surface area contributed by atoms with Gasteiger partial charge in [-0.05, 0) is 49.1 Å². The average Bonchev–Trinajstić information content (AvgIpc) is 3.79. The van der Waals surface area contributed by atoms with E-state index in [9.17, 15) is 19.5 Å². The van der Waals surface area contributed by atoms with Crippen molar-refractivity contribution in [2.24, 2.45) is 5.41 Å². The molecule has 3 aromatic heterocycles. The van der Waals surface area contributed by atoms with Crippen LogP contribution in [0.5, 0.6) is 0 Å². The number of likely N-dealkylation sites (tertiary alicyclic amines) is 1. The molecular formula is C32H33N7O4. The smallest absolute Gasteiger partial charge is 0.354 e. The Hall–Kier alpha value is -4.80. The normalized spacial score (nSPS) is 23.7. The van der Waals surface area contributed by atoms with Crippen molar-refractivity contribution in [1.29, 1.82) is 0 Å². The number of carboxylic acids is 1. The highest BCUT2D eigenvalue weighted by Crippen LogP contribution is 2.41. The number of carbonyl (C=O) groups excluding carboxylic acids is 2. The maximum absolute atomic E-state index is 13.6. The lowest BCUT2D eigenvalue weighted by molar-refractivity contribution is -0.117. The van der Waals surface area contributed by atoms with Gasteiger partial charge in [-0.2, -0.15) is 0 Å². The van der Waals surface area contributed by atoms with E-state index in [0.29, 0.717) is 44.1 Å². The molecular weight excluding hydrogens is 546 g/mol. The molecule has 3 fully saturated rings. The Labute approximate surface area is 248 Å². The monoisotopic (exact) mass is 579 g/mol. The topological polar surface area (TPSA) is 124 Å². The molecule has 6 heterocycles. The summed E-state index contributed by atoms with van der Waals surface area (Å²) < 4.78 is 1.62. The van der Waals surface area contributed by atoms with E-state index < -0.39 is 5.97 Å². The molecule has 0 aliphatic carbocycles. The highest BCUT2D eigenvalue weighted by atomic mass is 16.4. The second-order valence-electron chi connectivity index (χ2n) is 12.5. The van der Waals surface area contributed by atoms with E-state index in [0.717, 1.165) is 36.2 Å². The Morgan fingerprint density at radius 2 is 1.74 bits per heavy atom. The molecule has 2 atom stereocenters. The number of fused-ring (bicyclic) bond motifs is 1. The standard InChI is InChI=1S/C32H33N7O4/c1-21-15-23(38-18-31(2,16-26(38)40)22-7-4-3-5-8-22)17-39-28(21)34-27(35-39)29(41)37-14-12-32(20-37)11-13-36(19-32)25-10-6-9-24(33-25)30(42)43/h3-10,15,17H,11-14,16,18-20H2,1-2H3,(H,42,43)/t31?,32-/m1/s1. The minimum Gasteiger partial charge on any atom is -0.477 e. The number of carbonyl (C=O) groups is 3. The van der Waals surface area contributed by atoms with Crippen LogP contribution < -0.4 is 9.80 Å². The molecule has 4 aromatic rings. The molecule has 11 heteroatoms. The van der Waals surface area contributed by atoms with Crippen LogP contribution in [0.25, 0.3) is 5.65 Å². The predicted molar refractivity (Wildman–Crippen MR) is 159 cm³/mol. The van der Waals surface area contributed by atoms with Crippen LogP contribution in [0.4, 0.5) is 11.5 Å². The van der Waals surface area contributed by atoms with E-state index in [1.165, 1.54) is 6.07 Å². The van der Waals surface area contributed by atoms with Gasteiger partial charge < -0.3 is 19.8 Å². The van der Waals surface area contributed by atoms with Gasteiger partial charge in [0.2, 0.25) is 11.7 Å². The second kappa shape index (κ2) is 9.89. The third kappa shape index (κ3) is 4.68. The number of pyridine rings is 2. The Morgan fingerprint density at radius 3 is 2.53 bits per heavy atom. The first kappa shape index (κ1) is 27.1. The molecule has 11 nitrogen and oxygen atoms in total. The van der Waals surface area contributed by atoms with E-state index in [1.807, 2.05) is 42.2 Å². The maximum Gasteiger partial charge on any atom is 0.354 e. The molecule has 7 rings (SSSR count). The lowest BCUT2D eigenvalue weighted by atomic mass is 9.82. The van der Waals surface area contributed by atoms with Gasteiger partial charge in [0.05, 0.1) is 11.9 Å². The summed E-state index contributed by atoms with van der Waals surface area (Å²) in [7, 11) is 0. The Morgan fingerprint density at radius 1 is 0.953 bits per heavy atom. The first-order valence-electron chi connectivity index (χ1n) is 14.6. The number of anilines is 2. The molecule has 1 aromatic carbocycles. The van der Waals surface area contributed by atoms with Gasteiger partial charge in [-0.3, -0.25) is 9.59 Å². The van der Waals surface area contributed by atoms with Crippen LogP contribution in [-0.4, -0.2) is 80.1 Å². The van der Waals surface area contributed by atoms with Gasteiger partial charge in [0, 0.05) is 50.0 Å². The molecule has 0 radical (unpaired) electrons. The number of rotatable bonds is 5. The van der Waals surface area contributed by atoms with Gasteiger partial charge in [-0.15, -0.1) is 5.10 Å². The van der Waals surface area contributed by atoms with Crippen LogP contribution in [0.3, 0.4) is 0 Å². The molecule has 1 spiro atoms. The largest absolute Gasteiger partial charge is 0.477 e. The fourth-order valence-electron chi connectivity index (χ4n) is 6.99.